The number of aryl methyl sites for hydroxylation is 2. The summed E-state index contributed by atoms with van der Waals surface area (Å²) in [6.45, 7) is 4.81. The molecular weight excluding hydrogens is 396 g/mol. The van der Waals surface area contributed by atoms with Crippen LogP contribution in [0.15, 0.2) is 53.9 Å². The molecule has 0 unspecified atom stereocenters. The van der Waals surface area contributed by atoms with E-state index in [9.17, 15) is 4.79 Å². The summed E-state index contributed by atoms with van der Waals surface area (Å²) in [6.07, 6.45) is 1.61. The monoisotopic (exact) mass is 416 g/mol. The quantitative estimate of drug-likeness (QED) is 0.446. The van der Waals surface area contributed by atoms with Crippen LogP contribution in [0.25, 0.3) is 5.69 Å². The maximum atomic E-state index is 12.1. The fraction of sp³-hybridized carbons (Fsp3) is 0.250. The highest BCUT2D eigenvalue weighted by Crippen LogP contribution is 2.23. The Morgan fingerprint density at radius 2 is 2.11 bits per heavy atom. The number of carbonyl (C=O) groups is 1. The Kier molecular flexibility index (Phi) is 6.95. The van der Waals surface area contributed by atoms with Crippen LogP contribution < -0.4 is 10.1 Å². The molecule has 0 radical (unpaired) electrons. The van der Waals surface area contributed by atoms with E-state index in [1.54, 1.807) is 6.33 Å². The number of aromatic nitrogens is 3. The Bertz CT molecular complexity index is 961. The van der Waals surface area contributed by atoms with Crippen molar-refractivity contribution in [2.45, 2.75) is 19.0 Å². The number of carbonyl (C=O) groups excluding carboxylic acids is 1. The fourth-order valence-corrected chi connectivity index (χ4v) is 3.41. The number of ether oxygens (including phenoxy) is 1. The highest BCUT2D eigenvalue weighted by atomic mass is 35.5. The number of nitrogens with one attached hydrogen (secondary N) is 1. The minimum Gasteiger partial charge on any atom is -0.492 e. The molecular formula is C20H21ClN4O2S. The largest absolute Gasteiger partial charge is 0.492 e. The number of benzene rings is 2. The molecule has 146 valence electrons. The molecule has 0 saturated carbocycles. The number of hydrogen-bond donors (Lipinski definition) is 1. The van der Waals surface area contributed by atoms with Crippen LogP contribution in [0.5, 0.6) is 5.75 Å². The molecule has 0 spiro atoms. The summed E-state index contributed by atoms with van der Waals surface area (Å²) in [7, 11) is 0. The smallest absolute Gasteiger partial charge is 0.230 e. The second-order valence-electron chi connectivity index (χ2n) is 6.22. The minimum atomic E-state index is -0.0886. The molecule has 1 heterocycles. The van der Waals surface area contributed by atoms with E-state index >= 15 is 0 Å². The first-order chi connectivity index (χ1) is 13.5. The van der Waals surface area contributed by atoms with Crippen molar-refractivity contribution in [2.75, 3.05) is 18.9 Å². The van der Waals surface area contributed by atoms with Crippen molar-refractivity contribution < 1.29 is 9.53 Å². The molecule has 1 amide bonds. The van der Waals surface area contributed by atoms with Gasteiger partial charge in [0.2, 0.25) is 5.91 Å². The van der Waals surface area contributed by atoms with Gasteiger partial charge in [-0.2, -0.15) is 0 Å². The van der Waals surface area contributed by atoms with E-state index in [4.69, 9.17) is 16.3 Å². The van der Waals surface area contributed by atoms with Crippen LogP contribution >= 0.6 is 23.4 Å². The van der Waals surface area contributed by atoms with Crippen LogP contribution in [0.1, 0.15) is 11.1 Å². The number of rotatable bonds is 8. The van der Waals surface area contributed by atoms with Crippen molar-refractivity contribution in [3.05, 3.63) is 64.9 Å². The molecule has 0 bridgehead atoms. The minimum absolute atomic E-state index is 0.0886. The van der Waals surface area contributed by atoms with Crippen LogP contribution in [0.2, 0.25) is 5.02 Å². The van der Waals surface area contributed by atoms with Gasteiger partial charge in [0.1, 0.15) is 18.7 Å². The maximum Gasteiger partial charge on any atom is 0.230 e. The zero-order chi connectivity index (χ0) is 19.9. The summed E-state index contributed by atoms with van der Waals surface area (Å²) in [6, 6.07) is 13.5. The zero-order valence-electron chi connectivity index (χ0n) is 15.7. The van der Waals surface area contributed by atoms with E-state index in [0.717, 1.165) is 22.6 Å². The van der Waals surface area contributed by atoms with Gasteiger partial charge in [-0.15, -0.1) is 10.2 Å². The first-order valence-electron chi connectivity index (χ1n) is 8.78. The maximum absolute atomic E-state index is 12.1. The first kappa shape index (κ1) is 20.2. The normalized spacial score (nSPS) is 10.7. The molecule has 8 heteroatoms. The number of hydrogen-bond acceptors (Lipinski definition) is 5. The number of halogens is 1. The van der Waals surface area contributed by atoms with Gasteiger partial charge < -0.3 is 10.1 Å². The van der Waals surface area contributed by atoms with Gasteiger partial charge in [-0.05, 0) is 49.2 Å². The molecule has 0 aliphatic carbocycles. The lowest BCUT2D eigenvalue weighted by Crippen LogP contribution is -2.29. The van der Waals surface area contributed by atoms with Gasteiger partial charge in [0.05, 0.1) is 18.0 Å². The summed E-state index contributed by atoms with van der Waals surface area (Å²) >= 11 is 7.51. The molecule has 1 N–H and O–H groups in total. The molecule has 3 rings (SSSR count). The van der Waals surface area contributed by atoms with Gasteiger partial charge in [-0.25, -0.2) is 0 Å². The number of nitrogens with zero attached hydrogens (tertiary/aromatic N) is 3. The van der Waals surface area contributed by atoms with Gasteiger partial charge in [-0.1, -0.05) is 41.6 Å². The molecule has 1 aromatic heterocycles. The Morgan fingerprint density at radius 3 is 2.89 bits per heavy atom. The van der Waals surface area contributed by atoms with Crippen molar-refractivity contribution in [1.29, 1.82) is 0 Å². The third-order valence-corrected chi connectivity index (χ3v) is 5.32. The predicted molar refractivity (Wildman–Crippen MR) is 112 cm³/mol. The predicted octanol–water partition coefficient (Wildman–Crippen LogP) is 3.82. The van der Waals surface area contributed by atoms with E-state index in [1.807, 2.05) is 60.9 Å². The summed E-state index contributed by atoms with van der Waals surface area (Å²) in [5, 5.41) is 12.2. The van der Waals surface area contributed by atoms with Crippen LogP contribution in [0.3, 0.4) is 0 Å². The van der Waals surface area contributed by atoms with E-state index in [-0.39, 0.29) is 11.7 Å². The van der Waals surface area contributed by atoms with Gasteiger partial charge in [0.25, 0.3) is 0 Å². The topological polar surface area (TPSA) is 69.0 Å². The molecule has 28 heavy (non-hydrogen) atoms. The molecule has 0 saturated heterocycles. The van der Waals surface area contributed by atoms with Gasteiger partial charge in [0.15, 0.2) is 5.16 Å². The van der Waals surface area contributed by atoms with Crippen molar-refractivity contribution >= 4 is 29.3 Å². The van der Waals surface area contributed by atoms with E-state index in [0.29, 0.717) is 23.3 Å². The van der Waals surface area contributed by atoms with Crippen molar-refractivity contribution in [1.82, 2.24) is 20.1 Å². The van der Waals surface area contributed by atoms with Crippen LogP contribution in [-0.2, 0) is 4.79 Å². The molecule has 6 nitrogen and oxygen atoms in total. The lowest BCUT2D eigenvalue weighted by molar-refractivity contribution is -0.118. The summed E-state index contributed by atoms with van der Waals surface area (Å²) < 4.78 is 7.43. The van der Waals surface area contributed by atoms with Gasteiger partial charge >= 0.3 is 0 Å². The average Bonchev–Trinajstić information content (AvgIpc) is 3.14. The molecule has 0 aliphatic heterocycles. The highest BCUT2D eigenvalue weighted by molar-refractivity contribution is 7.99. The summed E-state index contributed by atoms with van der Waals surface area (Å²) in [5.74, 6) is 0.950. The zero-order valence-corrected chi connectivity index (χ0v) is 17.3. The van der Waals surface area contributed by atoms with Crippen molar-refractivity contribution in [3.8, 4) is 11.4 Å². The SMILES string of the molecule is Cc1cccc(OCCNC(=O)CSc2nncn2-c2ccc(C)c(Cl)c2)c1. The molecule has 0 atom stereocenters. The Hall–Kier alpha value is -2.51. The van der Waals surface area contributed by atoms with Gasteiger partial charge in [-0.3, -0.25) is 9.36 Å². The Morgan fingerprint density at radius 1 is 1.25 bits per heavy atom. The average molecular weight is 417 g/mol. The van der Waals surface area contributed by atoms with E-state index < -0.39 is 0 Å². The molecule has 3 aromatic rings. The second-order valence-corrected chi connectivity index (χ2v) is 7.57. The lowest BCUT2D eigenvalue weighted by Gasteiger charge is -2.09. The third kappa shape index (κ3) is 5.50. The fourth-order valence-electron chi connectivity index (χ4n) is 2.48. The molecule has 0 aliphatic rings. The van der Waals surface area contributed by atoms with Gasteiger partial charge in [0, 0.05) is 5.02 Å². The second kappa shape index (κ2) is 9.61. The van der Waals surface area contributed by atoms with E-state index in [1.165, 1.54) is 11.8 Å². The number of thioether (sulfide) groups is 1. The summed E-state index contributed by atoms with van der Waals surface area (Å²) in [5.41, 5.74) is 2.99. The van der Waals surface area contributed by atoms with Crippen molar-refractivity contribution in [2.24, 2.45) is 0 Å². The lowest BCUT2D eigenvalue weighted by atomic mass is 10.2. The van der Waals surface area contributed by atoms with Crippen molar-refractivity contribution in [3.63, 3.8) is 0 Å². The number of amides is 1. The first-order valence-corrected chi connectivity index (χ1v) is 10.1. The Balaban J connectivity index is 1.46. The van der Waals surface area contributed by atoms with Crippen LogP contribution in [0.4, 0.5) is 0 Å². The standard InChI is InChI=1S/C20H21ClN4O2S/c1-14-4-3-5-17(10-14)27-9-8-22-19(26)12-28-20-24-23-13-25(20)16-7-6-15(2)18(21)11-16/h3-7,10-11,13H,8-9,12H2,1-2H3,(H,22,26). The van der Waals surface area contributed by atoms with E-state index in [2.05, 4.69) is 15.5 Å². The van der Waals surface area contributed by atoms with Crippen LogP contribution in [0, 0.1) is 13.8 Å². The molecule has 2 aromatic carbocycles. The third-order valence-electron chi connectivity index (χ3n) is 3.96. The summed E-state index contributed by atoms with van der Waals surface area (Å²) in [4.78, 5) is 12.1. The molecule has 0 fully saturated rings. The van der Waals surface area contributed by atoms with Crippen LogP contribution in [-0.4, -0.2) is 39.6 Å². The highest BCUT2D eigenvalue weighted by Gasteiger charge is 2.11. The Labute approximate surface area is 173 Å².